The molecular formula is C11H4BrCl2IOS. The Labute approximate surface area is 134 Å². The van der Waals surface area contributed by atoms with Crippen LogP contribution in [0.5, 0.6) is 0 Å². The molecule has 0 spiro atoms. The lowest BCUT2D eigenvalue weighted by molar-refractivity contribution is 0.104. The molecule has 0 aliphatic heterocycles. The quantitative estimate of drug-likeness (QED) is 0.417. The molecule has 0 saturated heterocycles. The standard InChI is InChI=1S/C11H4BrCl2IOS/c12-6-4-9(17-11(6)14)10(16)5-1-2-8(15)7(13)3-5/h1-4H. The lowest BCUT2D eigenvalue weighted by Gasteiger charge is -2.00. The van der Waals surface area contributed by atoms with Crippen LogP contribution in [-0.4, -0.2) is 5.78 Å². The van der Waals surface area contributed by atoms with Crippen molar-refractivity contribution in [3.05, 3.63) is 52.1 Å². The number of rotatable bonds is 2. The molecule has 1 aromatic heterocycles. The van der Waals surface area contributed by atoms with Crippen molar-refractivity contribution >= 4 is 78.8 Å². The van der Waals surface area contributed by atoms with E-state index in [0.717, 1.165) is 8.04 Å². The van der Waals surface area contributed by atoms with Crippen molar-refractivity contribution in [1.29, 1.82) is 0 Å². The highest BCUT2D eigenvalue weighted by Gasteiger charge is 2.15. The van der Waals surface area contributed by atoms with Crippen LogP contribution in [0.3, 0.4) is 0 Å². The normalized spacial score (nSPS) is 10.6. The molecule has 1 nitrogen and oxygen atoms in total. The van der Waals surface area contributed by atoms with Gasteiger partial charge in [0.15, 0.2) is 0 Å². The van der Waals surface area contributed by atoms with Gasteiger partial charge in [-0.15, -0.1) is 11.3 Å². The lowest BCUT2D eigenvalue weighted by Crippen LogP contribution is -1.98. The second kappa shape index (κ2) is 5.57. The summed E-state index contributed by atoms with van der Waals surface area (Å²) >= 11 is 18.6. The van der Waals surface area contributed by atoms with Crippen molar-refractivity contribution < 1.29 is 4.79 Å². The van der Waals surface area contributed by atoms with Gasteiger partial charge in [0.2, 0.25) is 5.78 Å². The van der Waals surface area contributed by atoms with Gasteiger partial charge in [-0.2, -0.15) is 0 Å². The summed E-state index contributed by atoms with van der Waals surface area (Å²) in [7, 11) is 0. The predicted octanol–water partition coefficient (Wildman–Crippen LogP) is 5.65. The largest absolute Gasteiger partial charge is 0.288 e. The SMILES string of the molecule is O=C(c1ccc(I)c(Cl)c1)c1cc(Br)c(Cl)s1. The third kappa shape index (κ3) is 3.04. The molecule has 17 heavy (non-hydrogen) atoms. The van der Waals surface area contributed by atoms with Crippen LogP contribution in [0.4, 0.5) is 0 Å². The van der Waals surface area contributed by atoms with E-state index in [1.165, 1.54) is 11.3 Å². The molecule has 0 saturated carbocycles. The maximum Gasteiger partial charge on any atom is 0.203 e. The fourth-order valence-electron chi connectivity index (χ4n) is 1.24. The molecule has 2 aromatic rings. The predicted molar refractivity (Wildman–Crippen MR) is 84.6 cm³/mol. The highest BCUT2D eigenvalue weighted by Crippen LogP contribution is 2.33. The first kappa shape index (κ1) is 13.8. The van der Waals surface area contributed by atoms with Gasteiger partial charge in [-0.25, -0.2) is 0 Å². The van der Waals surface area contributed by atoms with E-state index in [-0.39, 0.29) is 5.78 Å². The van der Waals surface area contributed by atoms with E-state index in [2.05, 4.69) is 38.5 Å². The molecule has 0 aliphatic rings. The molecule has 0 bridgehead atoms. The molecule has 0 aliphatic carbocycles. The first-order valence-corrected chi connectivity index (χ1v) is 7.88. The maximum atomic E-state index is 12.1. The van der Waals surface area contributed by atoms with Crippen molar-refractivity contribution in [1.82, 2.24) is 0 Å². The molecule has 88 valence electrons. The van der Waals surface area contributed by atoms with Crippen molar-refractivity contribution in [2.75, 3.05) is 0 Å². The van der Waals surface area contributed by atoms with E-state index in [1.54, 1.807) is 18.2 Å². The zero-order chi connectivity index (χ0) is 12.6. The molecule has 6 heteroatoms. The Balaban J connectivity index is 2.40. The van der Waals surface area contributed by atoms with Crippen LogP contribution >= 0.6 is 73.1 Å². The molecule has 0 atom stereocenters. The van der Waals surface area contributed by atoms with Gasteiger partial charge in [0.25, 0.3) is 0 Å². The Bertz CT molecular complexity index is 578. The zero-order valence-corrected chi connectivity index (χ0v) is 14.2. The second-order valence-corrected chi connectivity index (χ2v) is 7.27. The number of carbonyl (C=O) groups excluding carboxylic acids is 1. The van der Waals surface area contributed by atoms with Gasteiger partial charge >= 0.3 is 0 Å². The Morgan fingerprint density at radius 1 is 1.29 bits per heavy atom. The van der Waals surface area contributed by atoms with E-state index >= 15 is 0 Å². The Hall–Kier alpha value is 0.380. The van der Waals surface area contributed by atoms with Crippen molar-refractivity contribution in [3.63, 3.8) is 0 Å². The van der Waals surface area contributed by atoms with Crippen LogP contribution in [0.15, 0.2) is 28.7 Å². The van der Waals surface area contributed by atoms with Crippen LogP contribution in [0.2, 0.25) is 9.36 Å². The van der Waals surface area contributed by atoms with Crippen LogP contribution in [0, 0.1) is 3.57 Å². The van der Waals surface area contributed by atoms with Gasteiger partial charge in [0.1, 0.15) is 4.34 Å². The lowest BCUT2D eigenvalue weighted by atomic mass is 10.1. The number of ketones is 1. The van der Waals surface area contributed by atoms with Gasteiger partial charge in [0, 0.05) is 13.6 Å². The van der Waals surface area contributed by atoms with E-state index in [9.17, 15) is 4.79 Å². The molecule has 0 unspecified atom stereocenters. The molecular weight excluding hydrogens is 458 g/mol. The topological polar surface area (TPSA) is 17.1 Å². The number of thiophene rings is 1. The third-order valence-corrected chi connectivity index (χ3v) is 6.10. The van der Waals surface area contributed by atoms with Crippen LogP contribution in [-0.2, 0) is 0 Å². The molecule has 0 radical (unpaired) electrons. The zero-order valence-electron chi connectivity index (χ0n) is 8.14. The van der Waals surface area contributed by atoms with Gasteiger partial charge < -0.3 is 0 Å². The molecule has 0 N–H and O–H groups in total. The van der Waals surface area contributed by atoms with Gasteiger partial charge in [-0.1, -0.05) is 23.2 Å². The molecule has 2 rings (SSSR count). The van der Waals surface area contributed by atoms with E-state index in [0.29, 0.717) is 19.8 Å². The summed E-state index contributed by atoms with van der Waals surface area (Å²) in [5, 5.41) is 0.582. The summed E-state index contributed by atoms with van der Waals surface area (Å²) in [6.45, 7) is 0. The van der Waals surface area contributed by atoms with Crippen LogP contribution in [0.25, 0.3) is 0 Å². The number of hydrogen-bond acceptors (Lipinski definition) is 2. The smallest absolute Gasteiger partial charge is 0.203 e. The maximum absolute atomic E-state index is 12.1. The average Bonchev–Trinajstić information content (AvgIpc) is 2.62. The first-order chi connectivity index (χ1) is 7.99. The monoisotopic (exact) mass is 460 g/mol. The number of benzene rings is 1. The molecule has 1 aromatic carbocycles. The summed E-state index contributed by atoms with van der Waals surface area (Å²) in [6, 6.07) is 6.98. The summed E-state index contributed by atoms with van der Waals surface area (Å²) in [5.74, 6) is -0.0686. The van der Waals surface area contributed by atoms with Gasteiger partial charge in [-0.3, -0.25) is 4.79 Å². The minimum Gasteiger partial charge on any atom is -0.288 e. The van der Waals surface area contributed by atoms with E-state index < -0.39 is 0 Å². The van der Waals surface area contributed by atoms with E-state index in [4.69, 9.17) is 23.2 Å². The van der Waals surface area contributed by atoms with E-state index in [1.807, 2.05) is 6.07 Å². The van der Waals surface area contributed by atoms with Crippen molar-refractivity contribution in [2.24, 2.45) is 0 Å². The Morgan fingerprint density at radius 3 is 2.53 bits per heavy atom. The Kier molecular flexibility index (Phi) is 4.52. The highest BCUT2D eigenvalue weighted by molar-refractivity contribution is 14.1. The first-order valence-electron chi connectivity index (χ1n) is 4.43. The fraction of sp³-hybridized carbons (Fsp3) is 0. The van der Waals surface area contributed by atoms with Crippen LogP contribution < -0.4 is 0 Å². The average molecular weight is 462 g/mol. The summed E-state index contributed by atoms with van der Waals surface area (Å²) in [4.78, 5) is 12.7. The van der Waals surface area contributed by atoms with Crippen molar-refractivity contribution in [3.8, 4) is 0 Å². The van der Waals surface area contributed by atoms with Crippen LogP contribution in [0.1, 0.15) is 15.2 Å². The fourth-order valence-corrected chi connectivity index (χ4v) is 3.42. The highest BCUT2D eigenvalue weighted by atomic mass is 127. The molecule has 0 amide bonds. The summed E-state index contributed by atoms with van der Waals surface area (Å²) < 4.78 is 2.24. The number of carbonyl (C=O) groups is 1. The van der Waals surface area contributed by atoms with Gasteiger partial charge in [0.05, 0.1) is 9.90 Å². The second-order valence-electron chi connectivity index (χ2n) is 3.19. The summed E-state index contributed by atoms with van der Waals surface area (Å²) in [5.41, 5.74) is 0.570. The van der Waals surface area contributed by atoms with Crippen molar-refractivity contribution in [2.45, 2.75) is 0 Å². The molecule has 1 heterocycles. The number of halogens is 4. The Morgan fingerprint density at radius 2 is 2.00 bits per heavy atom. The minimum atomic E-state index is -0.0686. The summed E-state index contributed by atoms with van der Waals surface area (Å²) in [6.07, 6.45) is 0. The van der Waals surface area contributed by atoms with Gasteiger partial charge in [-0.05, 0) is 62.8 Å². The third-order valence-electron chi connectivity index (χ3n) is 2.05. The number of hydrogen-bond donors (Lipinski definition) is 0. The molecule has 0 fully saturated rings. The minimum absolute atomic E-state index is 0.0686.